The van der Waals surface area contributed by atoms with E-state index in [0.29, 0.717) is 24.9 Å². The predicted octanol–water partition coefficient (Wildman–Crippen LogP) is 0.987. The predicted molar refractivity (Wildman–Crippen MR) is 93.8 cm³/mol. The van der Waals surface area contributed by atoms with Gasteiger partial charge < -0.3 is 0 Å². The molecule has 0 aliphatic carbocycles. The fourth-order valence-electron chi connectivity index (χ4n) is 3.25. The van der Waals surface area contributed by atoms with E-state index in [1.807, 2.05) is 31.4 Å². The lowest BCUT2D eigenvalue weighted by atomic mass is 10.1. The molecule has 1 fully saturated rings. The molecule has 2 aliphatic rings. The van der Waals surface area contributed by atoms with Gasteiger partial charge in [-0.3, -0.25) is 14.6 Å². The van der Waals surface area contributed by atoms with Gasteiger partial charge in [-0.25, -0.2) is 9.37 Å². The Morgan fingerprint density at radius 2 is 2.04 bits per heavy atom. The van der Waals surface area contributed by atoms with Crippen LogP contribution in [-0.4, -0.2) is 74.1 Å². The van der Waals surface area contributed by atoms with E-state index in [2.05, 4.69) is 16.7 Å². The van der Waals surface area contributed by atoms with Gasteiger partial charge in [0.15, 0.2) is 0 Å². The third-order valence-corrected chi connectivity index (χ3v) is 4.34. The zero-order chi connectivity index (χ0) is 18.5. The van der Waals surface area contributed by atoms with Gasteiger partial charge in [-0.1, -0.05) is 11.6 Å². The second kappa shape index (κ2) is 5.94. The lowest BCUT2D eigenvalue weighted by Crippen LogP contribution is -2.62. The first-order chi connectivity index (χ1) is 11.8. The van der Waals surface area contributed by atoms with Crippen LogP contribution in [0.5, 0.6) is 0 Å². The van der Waals surface area contributed by atoms with Crippen LogP contribution in [0, 0.1) is 13.8 Å². The van der Waals surface area contributed by atoms with Gasteiger partial charge in [0.1, 0.15) is 5.69 Å². The number of aromatic nitrogens is 2. The van der Waals surface area contributed by atoms with Gasteiger partial charge in [0.25, 0.3) is 5.91 Å². The Morgan fingerprint density at radius 3 is 2.56 bits per heavy atom. The van der Waals surface area contributed by atoms with Crippen LogP contribution >= 0.6 is 0 Å². The zero-order valence-electron chi connectivity index (χ0n) is 15.3. The molecule has 132 valence electrons. The maximum absolute atomic E-state index is 12.9. The molecule has 1 aromatic heterocycles. The molecule has 8 nitrogen and oxygen atoms in total. The molecule has 0 aromatic carbocycles. The van der Waals surface area contributed by atoms with E-state index in [4.69, 9.17) is 0 Å². The Bertz CT molecular complexity index is 847. The Morgan fingerprint density at radius 1 is 1.36 bits per heavy atom. The minimum atomic E-state index is -0.641. The monoisotopic (exact) mass is 343 g/mol. The molecule has 1 saturated heterocycles. The van der Waals surface area contributed by atoms with Crippen molar-refractivity contribution in [2.24, 2.45) is 4.99 Å². The molecule has 2 aliphatic heterocycles. The fourth-order valence-corrected chi connectivity index (χ4v) is 3.25. The van der Waals surface area contributed by atoms with Crippen molar-refractivity contribution < 1.29 is 14.2 Å². The van der Waals surface area contributed by atoms with Crippen LogP contribution < -0.4 is 0 Å². The van der Waals surface area contributed by atoms with Crippen LogP contribution in [-0.2, 0) is 4.79 Å². The van der Waals surface area contributed by atoms with Crippen LogP contribution in [0.2, 0.25) is 0 Å². The molecule has 8 heteroatoms. The molecule has 0 bridgehead atoms. The van der Waals surface area contributed by atoms with Gasteiger partial charge in [0.2, 0.25) is 11.9 Å². The second-order valence-corrected chi connectivity index (χ2v) is 6.52. The Balaban J connectivity index is 2.19. The van der Waals surface area contributed by atoms with Gasteiger partial charge >= 0.3 is 12.0 Å². The summed E-state index contributed by atoms with van der Waals surface area (Å²) in [5.41, 5.74) is 2.67. The van der Waals surface area contributed by atoms with Crippen LogP contribution in [0.25, 0.3) is 0 Å². The van der Waals surface area contributed by atoms with Gasteiger partial charge in [-0.15, -0.1) is 9.78 Å². The Kier molecular flexibility index (Phi) is 4.06. The van der Waals surface area contributed by atoms with Crippen LogP contribution in [0.3, 0.4) is 0 Å². The Labute approximate surface area is 146 Å². The average molecular weight is 343 g/mol. The van der Waals surface area contributed by atoms with E-state index in [1.165, 1.54) is 9.80 Å². The number of amides is 3. The van der Waals surface area contributed by atoms with Crippen molar-refractivity contribution in [1.82, 2.24) is 19.6 Å². The maximum atomic E-state index is 12.9. The highest BCUT2D eigenvalue weighted by Crippen LogP contribution is 2.21. The van der Waals surface area contributed by atoms with Gasteiger partial charge in [0.05, 0.1) is 12.2 Å². The summed E-state index contributed by atoms with van der Waals surface area (Å²) in [6.45, 7) is 12.3. The molecule has 3 heterocycles. The number of fused-ring (bicyclic) bond motifs is 1. The molecule has 3 rings (SSSR count). The molecule has 1 aromatic rings. The number of aliphatic imine (C=N–C) groups is 1. The molecular weight excluding hydrogens is 320 g/mol. The summed E-state index contributed by atoms with van der Waals surface area (Å²) in [5, 5.41) is 4.49. The number of likely N-dealkylation sites (N-methyl/N-ethyl adjacent to an activating group) is 2. The summed E-state index contributed by atoms with van der Waals surface area (Å²) in [5.74, 6) is 0.713. The summed E-state index contributed by atoms with van der Waals surface area (Å²) in [6.07, 6.45) is 0. The van der Waals surface area contributed by atoms with Crippen molar-refractivity contribution in [3.05, 3.63) is 29.6 Å². The van der Waals surface area contributed by atoms with E-state index in [9.17, 15) is 9.59 Å². The summed E-state index contributed by atoms with van der Waals surface area (Å²) in [7, 11) is 1.65. The molecule has 25 heavy (non-hydrogen) atoms. The number of urea groups is 1. The first kappa shape index (κ1) is 17.1. The quantitative estimate of drug-likeness (QED) is 0.607. The number of nitrogens with zero attached hydrogens (tertiary/aromatic N) is 6. The number of carbonyl (C=O) groups excluding carboxylic acids is 2. The van der Waals surface area contributed by atoms with E-state index >= 15 is 0 Å². The molecular formula is C17H23N6O2+. The first-order valence-electron chi connectivity index (χ1n) is 8.25. The van der Waals surface area contributed by atoms with Crippen LogP contribution in [0.1, 0.15) is 25.2 Å². The lowest BCUT2D eigenvalue weighted by molar-refractivity contribution is -0.529. The van der Waals surface area contributed by atoms with E-state index in [1.54, 1.807) is 18.7 Å². The van der Waals surface area contributed by atoms with E-state index in [-0.39, 0.29) is 11.9 Å². The van der Waals surface area contributed by atoms with Crippen molar-refractivity contribution in [1.29, 1.82) is 0 Å². The van der Waals surface area contributed by atoms with E-state index in [0.717, 1.165) is 17.0 Å². The molecule has 1 unspecified atom stereocenters. The lowest BCUT2D eigenvalue weighted by Gasteiger charge is -2.33. The normalized spacial score (nSPS) is 20.4. The summed E-state index contributed by atoms with van der Waals surface area (Å²) < 4.78 is 3.58. The van der Waals surface area contributed by atoms with Gasteiger partial charge in [-0.2, -0.15) is 0 Å². The zero-order valence-corrected chi connectivity index (χ0v) is 15.3. The van der Waals surface area contributed by atoms with Crippen molar-refractivity contribution in [3.8, 4) is 0 Å². The smallest absolute Gasteiger partial charge is 0.270 e. The fraction of sp³-hybridized carbons (Fsp3) is 0.471. The summed E-state index contributed by atoms with van der Waals surface area (Å²) in [4.78, 5) is 32.7. The number of rotatable bonds is 3. The number of aryl methyl sites for hydroxylation is 2. The number of imide groups is 1. The SMILES string of the molecule is C=C(C)C[N+]1=C(n2nc(C)cc2C)N=C2C1C(=O)N(CC)C(=O)N2C. The summed E-state index contributed by atoms with van der Waals surface area (Å²) >= 11 is 0. The second-order valence-electron chi connectivity index (χ2n) is 6.52. The van der Waals surface area contributed by atoms with Crippen LogP contribution in [0.4, 0.5) is 4.79 Å². The molecule has 0 N–H and O–H groups in total. The molecule has 1 atom stereocenters. The number of hydrogen-bond acceptors (Lipinski definition) is 4. The number of amidine groups is 1. The average Bonchev–Trinajstić information content (AvgIpc) is 3.05. The van der Waals surface area contributed by atoms with E-state index < -0.39 is 6.04 Å². The largest absolute Gasteiger partial charge is 0.421 e. The topological polar surface area (TPSA) is 73.8 Å². The molecule has 0 spiro atoms. The number of hydrogen-bond donors (Lipinski definition) is 0. The van der Waals surface area contributed by atoms with Crippen molar-refractivity contribution in [2.75, 3.05) is 20.1 Å². The molecule has 3 amide bonds. The third-order valence-electron chi connectivity index (χ3n) is 4.34. The van der Waals surface area contributed by atoms with Gasteiger partial charge in [0, 0.05) is 13.6 Å². The first-order valence-corrected chi connectivity index (χ1v) is 8.25. The maximum Gasteiger partial charge on any atom is 0.421 e. The van der Waals surface area contributed by atoms with Gasteiger partial charge in [-0.05, 0) is 39.3 Å². The van der Waals surface area contributed by atoms with Crippen molar-refractivity contribution >= 4 is 23.7 Å². The minimum absolute atomic E-state index is 0.262. The van der Waals surface area contributed by atoms with Crippen molar-refractivity contribution in [3.63, 3.8) is 0 Å². The highest BCUT2D eigenvalue weighted by molar-refractivity contribution is 6.22. The van der Waals surface area contributed by atoms with Crippen LogP contribution in [0.15, 0.2) is 23.2 Å². The summed E-state index contributed by atoms with van der Waals surface area (Å²) in [6, 6.07) is 0.953. The standard InChI is InChI=1S/C17H23N6O2/c1-7-21-15(24)13-14(20(6)17(21)25)18-16(22(13)9-10(2)3)23-12(5)8-11(4)19-23/h8,13H,2,7,9H2,1,3-6H3/q+1. The third kappa shape index (κ3) is 2.57. The highest BCUT2D eigenvalue weighted by atomic mass is 16.2. The highest BCUT2D eigenvalue weighted by Gasteiger charge is 2.52. The Hall–Kier alpha value is -2.77. The van der Waals surface area contributed by atoms with Crippen molar-refractivity contribution in [2.45, 2.75) is 33.7 Å². The molecule has 0 radical (unpaired) electrons. The minimum Gasteiger partial charge on any atom is -0.270 e. The number of carbonyl (C=O) groups is 2. The molecule has 0 saturated carbocycles.